The highest BCUT2D eigenvalue weighted by Crippen LogP contribution is 2.31. The maximum atomic E-state index is 12.6. The van der Waals surface area contributed by atoms with E-state index in [2.05, 4.69) is 11.9 Å². The number of anilines is 1. The molecule has 2 aromatic carbocycles. The second-order valence-corrected chi connectivity index (χ2v) is 7.49. The molecule has 5 heteroatoms. The SMILES string of the molecule is C=CCc1ccccc1OCc1ccc(C(=O)Nc2cc(C(C)C)c(O)cc2C)o1. The molecule has 2 N–H and O–H groups in total. The van der Waals surface area contributed by atoms with Gasteiger partial charge in [0.25, 0.3) is 5.91 Å². The van der Waals surface area contributed by atoms with E-state index in [0.717, 1.165) is 22.4 Å². The van der Waals surface area contributed by atoms with E-state index in [0.29, 0.717) is 17.9 Å². The van der Waals surface area contributed by atoms with Gasteiger partial charge in [-0.1, -0.05) is 38.1 Å². The summed E-state index contributed by atoms with van der Waals surface area (Å²) in [6, 6.07) is 14.6. The first-order valence-electron chi connectivity index (χ1n) is 9.94. The fourth-order valence-corrected chi connectivity index (χ4v) is 3.19. The summed E-state index contributed by atoms with van der Waals surface area (Å²) in [5.74, 6) is 1.54. The zero-order valence-electron chi connectivity index (χ0n) is 17.6. The Hall–Kier alpha value is -3.47. The largest absolute Gasteiger partial charge is 0.508 e. The van der Waals surface area contributed by atoms with Crippen LogP contribution >= 0.6 is 0 Å². The van der Waals surface area contributed by atoms with Gasteiger partial charge in [0, 0.05) is 5.69 Å². The topological polar surface area (TPSA) is 71.7 Å². The molecule has 1 heterocycles. The van der Waals surface area contributed by atoms with Crippen molar-refractivity contribution in [3.05, 3.63) is 89.4 Å². The summed E-state index contributed by atoms with van der Waals surface area (Å²) >= 11 is 0. The second kappa shape index (κ2) is 9.35. The van der Waals surface area contributed by atoms with E-state index in [-0.39, 0.29) is 29.9 Å². The van der Waals surface area contributed by atoms with Crippen molar-refractivity contribution in [2.45, 2.75) is 39.7 Å². The molecule has 0 radical (unpaired) electrons. The Kier molecular flexibility index (Phi) is 6.62. The van der Waals surface area contributed by atoms with E-state index < -0.39 is 0 Å². The van der Waals surface area contributed by atoms with Gasteiger partial charge in [0.2, 0.25) is 0 Å². The Balaban J connectivity index is 1.69. The number of allylic oxidation sites excluding steroid dienone is 1. The number of nitrogens with one attached hydrogen (secondary N) is 1. The standard InChI is InChI=1S/C25H27NO4/c1-5-8-18-9-6-7-10-23(18)29-15-19-11-12-24(30-19)25(28)26-21-14-20(16(2)3)22(27)13-17(21)4/h5-7,9-14,16,27H,1,8,15H2,2-4H3,(H,26,28). The number of aromatic hydroxyl groups is 1. The van der Waals surface area contributed by atoms with Gasteiger partial charge in [-0.25, -0.2) is 0 Å². The van der Waals surface area contributed by atoms with Gasteiger partial charge >= 0.3 is 0 Å². The Morgan fingerprint density at radius 2 is 2.00 bits per heavy atom. The van der Waals surface area contributed by atoms with Crippen LogP contribution in [0, 0.1) is 6.92 Å². The smallest absolute Gasteiger partial charge is 0.291 e. The van der Waals surface area contributed by atoms with E-state index >= 15 is 0 Å². The van der Waals surface area contributed by atoms with Gasteiger partial charge in [-0.15, -0.1) is 6.58 Å². The quantitative estimate of drug-likeness (QED) is 0.357. The van der Waals surface area contributed by atoms with Gasteiger partial charge < -0.3 is 19.6 Å². The predicted octanol–water partition coefficient (Wildman–Crippen LogP) is 5.98. The van der Waals surface area contributed by atoms with Gasteiger partial charge in [-0.05, 0) is 66.3 Å². The molecule has 30 heavy (non-hydrogen) atoms. The van der Waals surface area contributed by atoms with Crippen molar-refractivity contribution >= 4 is 11.6 Å². The molecule has 0 aliphatic heterocycles. The molecule has 0 unspecified atom stereocenters. The van der Waals surface area contributed by atoms with Crippen LogP contribution in [0.3, 0.4) is 0 Å². The first kappa shape index (κ1) is 21.2. The molecule has 0 atom stereocenters. The third kappa shape index (κ3) is 4.92. The molecule has 0 aliphatic rings. The van der Waals surface area contributed by atoms with Crippen LogP contribution in [0.15, 0.2) is 65.6 Å². The van der Waals surface area contributed by atoms with Gasteiger partial charge in [0.05, 0.1) is 0 Å². The normalized spacial score (nSPS) is 10.8. The van der Waals surface area contributed by atoms with Crippen LogP contribution in [0.2, 0.25) is 0 Å². The highest BCUT2D eigenvalue weighted by atomic mass is 16.5. The molecule has 1 amide bonds. The van der Waals surface area contributed by atoms with Crippen molar-refractivity contribution in [1.82, 2.24) is 0 Å². The maximum absolute atomic E-state index is 12.6. The van der Waals surface area contributed by atoms with Gasteiger partial charge in [0.15, 0.2) is 5.76 Å². The number of hydrogen-bond acceptors (Lipinski definition) is 4. The number of phenolic OH excluding ortho intramolecular Hbond substituents is 1. The lowest BCUT2D eigenvalue weighted by atomic mass is 9.99. The fraction of sp³-hybridized carbons (Fsp3) is 0.240. The number of rotatable bonds is 8. The summed E-state index contributed by atoms with van der Waals surface area (Å²) in [5.41, 5.74) is 3.25. The zero-order valence-corrected chi connectivity index (χ0v) is 17.6. The first-order chi connectivity index (χ1) is 14.4. The molecule has 0 bridgehead atoms. The number of benzene rings is 2. The number of carbonyl (C=O) groups is 1. The average molecular weight is 405 g/mol. The summed E-state index contributed by atoms with van der Waals surface area (Å²) < 4.78 is 11.5. The number of furan rings is 1. The van der Waals surface area contributed by atoms with Crippen molar-refractivity contribution < 1.29 is 19.1 Å². The molecule has 0 aliphatic carbocycles. The first-order valence-corrected chi connectivity index (χ1v) is 9.94. The Morgan fingerprint density at radius 1 is 1.23 bits per heavy atom. The molecule has 3 aromatic rings. The number of amides is 1. The summed E-state index contributed by atoms with van der Waals surface area (Å²) in [6.07, 6.45) is 2.54. The van der Waals surface area contributed by atoms with Crippen LogP contribution in [0.4, 0.5) is 5.69 Å². The number of carbonyl (C=O) groups excluding carboxylic acids is 1. The molecule has 156 valence electrons. The minimum atomic E-state index is -0.350. The number of aryl methyl sites for hydroxylation is 1. The molecule has 0 fully saturated rings. The molecular weight excluding hydrogens is 378 g/mol. The third-order valence-electron chi connectivity index (χ3n) is 4.84. The van der Waals surface area contributed by atoms with Crippen LogP contribution in [0.5, 0.6) is 11.5 Å². The summed E-state index contributed by atoms with van der Waals surface area (Å²) in [5, 5.41) is 13.0. The van der Waals surface area contributed by atoms with E-state index in [4.69, 9.17) is 9.15 Å². The van der Waals surface area contributed by atoms with Crippen molar-refractivity contribution in [2.24, 2.45) is 0 Å². The third-order valence-corrected chi connectivity index (χ3v) is 4.84. The van der Waals surface area contributed by atoms with E-state index in [1.165, 1.54) is 0 Å². The van der Waals surface area contributed by atoms with Crippen LogP contribution in [0.25, 0.3) is 0 Å². The summed E-state index contributed by atoms with van der Waals surface area (Å²) in [4.78, 5) is 12.6. The lowest BCUT2D eigenvalue weighted by Crippen LogP contribution is -2.12. The lowest BCUT2D eigenvalue weighted by Gasteiger charge is -2.14. The van der Waals surface area contributed by atoms with Gasteiger partial charge in [-0.3, -0.25) is 4.79 Å². The predicted molar refractivity (Wildman–Crippen MR) is 118 cm³/mol. The van der Waals surface area contributed by atoms with Crippen LogP contribution in [0.1, 0.15) is 52.8 Å². The zero-order chi connectivity index (χ0) is 21.7. The van der Waals surface area contributed by atoms with Crippen LogP contribution < -0.4 is 10.1 Å². The van der Waals surface area contributed by atoms with Crippen molar-refractivity contribution in [1.29, 1.82) is 0 Å². The van der Waals surface area contributed by atoms with Crippen molar-refractivity contribution in [2.75, 3.05) is 5.32 Å². The van der Waals surface area contributed by atoms with E-state index in [1.807, 2.05) is 51.1 Å². The van der Waals surface area contributed by atoms with Crippen molar-refractivity contribution in [3.8, 4) is 11.5 Å². The van der Waals surface area contributed by atoms with Gasteiger partial charge in [0.1, 0.15) is 23.9 Å². The minimum absolute atomic E-state index is 0.137. The molecule has 5 nitrogen and oxygen atoms in total. The van der Waals surface area contributed by atoms with E-state index in [1.54, 1.807) is 24.3 Å². The summed E-state index contributed by atoms with van der Waals surface area (Å²) in [6.45, 7) is 9.80. The highest BCUT2D eigenvalue weighted by Gasteiger charge is 2.16. The van der Waals surface area contributed by atoms with Crippen LogP contribution in [-0.2, 0) is 13.0 Å². The van der Waals surface area contributed by atoms with Gasteiger partial charge in [-0.2, -0.15) is 0 Å². The van der Waals surface area contributed by atoms with Crippen molar-refractivity contribution in [3.63, 3.8) is 0 Å². The molecular formula is C25H27NO4. The average Bonchev–Trinajstić information content (AvgIpc) is 3.18. The number of phenols is 1. The van der Waals surface area contributed by atoms with Crippen LogP contribution in [-0.4, -0.2) is 11.0 Å². The summed E-state index contributed by atoms with van der Waals surface area (Å²) in [7, 11) is 0. The molecule has 0 saturated heterocycles. The Bertz CT molecular complexity index is 1050. The molecule has 1 aromatic heterocycles. The second-order valence-electron chi connectivity index (χ2n) is 7.49. The molecule has 3 rings (SSSR count). The maximum Gasteiger partial charge on any atom is 0.291 e. The Labute approximate surface area is 177 Å². The number of para-hydroxylation sites is 1. The Morgan fingerprint density at radius 3 is 2.73 bits per heavy atom. The fourth-order valence-electron chi connectivity index (χ4n) is 3.19. The highest BCUT2D eigenvalue weighted by molar-refractivity contribution is 6.02. The monoisotopic (exact) mass is 405 g/mol. The molecule has 0 spiro atoms. The molecule has 0 saturated carbocycles. The number of ether oxygens (including phenoxy) is 1. The minimum Gasteiger partial charge on any atom is -0.508 e. The number of hydrogen-bond donors (Lipinski definition) is 2. The van der Waals surface area contributed by atoms with E-state index in [9.17, 15) is 9.90 Å². The lowest BCUT2D eigenvalue weighted by molar-refractivity contribution is 0.0992.